The third-order valence-corrected chi connectivity index (χ3v) is 7.32. The number of piperidine rings is 1. The molecule has 1 unspecified atom stereocenters. The molecule has 0 bridgehead atoms. The number of aliphatic hydroxyl groups excluding tert-OH is 1. The molecule has 1 heterocycles. The second-order valence-corrected chi connectivity index (χ2v) is 10.1. The Bertz CT molecular complexity index is 1200. The van der Waals surface area contributed by atoms with Crippen LogP contribution < -0.4 is 9.47 Å². The van der Waals surface area contributed by atoms with E-state index in [0.717, 1.165) is 16.7 Å². The number of likely N-dealkylation sites (tertiary alicyclic amines) is 1. The Morgan fingerprint density at radius 2 is 1.71 bits per heavy atom. The minimum absolute atomic E-state index is 0.103. The molecule has 5 nitrogen and oxygen atoms in total. The summed E-state index contributed by atoms with van der Waals surface area (Å²) >= 11 is 12.6. The molecule has 7 heteroatoms. The van der Waals surface area contributed by atoms with Crippen LogP contribution in [-0.2, 0) is 11.3 Å². The van der Waals surface area contributed by atoms with Gasteiger partial charge in [0.1, 0.15) is 11.5 Å². The van der Waals surface area contributed by atoms with E-state index in [1.54, 1.807) is 20.3 Å². The maximum atomic E-state index is 13.9. The number of carbonyl (C=O) groups excluding carboxylic acids is 1. The summed E-state index contributed by atoms with van der Waals surface area (Å²) in [6.07, 6.45) is 0.478. The first-order chi connectivity index (χ1) is 16.8. The molecule has 1 fully saturated rings. The highest BCUT2D eigenvalue weighted by molar-refractivity contribution is 6.30. The Balaban J connectivity index is 1.87. The lowest BCUT2D eigenvalue weighted by molar-refractivity contribution is -0.154. The van der Waals surface area contributed by atoms with E-state index in [1.165, 1.54) is 0 Å². The van der Waals surface area contributed by atoms with Crippen molar-refractivity contribution in [3.8, 4) is 11.5 Å². The van der Waals surface area contributed by atoms with Crippen molar-refractivity contribution < 1.29 is 19.4 Å². The van der Waals surface area contributed by atoms with E-state index in [1.807, 2.05) is 72.5 Å². The van der Waals surface area contributed by atoms with E-state index < -0.39 is 5.41 Å². The SMILES string of the molecule is COc1ccc(CN2C(=O)C(C)(CO)C[C@H](c3cccc(Cl)c3)[C@H]2c2ccc(Cl)cc2)c(OC)c1. The minimum atomic E-state index is -0.949. The molecule has 1 aliphatic heterocycles. The third-order valence-electron chi connectivity index (χ3n) is 6.84. The molecule has 4 rings (SSSR count). The highest BCUT2D eigenvalue weighted by Gasteiger charge is 2.49. The number of rotatable bonds is 7. The van der Waals surface area contributed by atoms with Gasteiger partial charge in [0.25, 0.3) is 0 Å². The lowest BCUT2D eigenvalue weighted by Crippen LogP contribution is -2.52. The molecule has 1 N–H and O–H groups in total. The molecule has 1 aliphatic rings. The summed E-state index contributed by atoms with van der Waals surface area (Å²) in [6.45, 7) is 1.86. The van der Waals surface area contributed by atoms with Crippen molar-refractivity contribution in [2.45, 2.75) is 31.8 Å². The molecule has 1 saturated heterocycles. The fraction of sp³-hybridized carbons (Fsp3) is 0.321. The lowest BCUT2D eigenvalue weighted by Gasteiger charge is -2.49. The number of carbonyl (C=O) groups is 1. The number of methoxy groups -OCH3 is 2. The Labute approximate surface area is 216 Å². The number of hydrogen-bond acceptors (Lipinski definition) is 4. The van der Waals surface area contributed by atoms with Crippen LogP contribution in [0.1, 0.15) is 42.0 Å². The maximum absolute atomic E-state index is 13.9. The van der Waals surface area contributed by atoms with Gasteiger partial charge < -0.3 is 19.5 Å². The normalized spacial score (nSPS) is 22.2. The van der Waals surface area contributed by atoms with Crippen molar-refractivity contribution in [2.24, 2.45) is 5.41 Å². The summed E-state index contributed by atoms with van der Waals surface area (Å²) in [5, 5.41) is 11.6. The van der Waals surface area contributed by atoms with Gasteiger partial charge >= 0.3 is 0 Å². The van der Waals surface area contributed by atoms with Gasteiger partial charge in [0, 0.05) is 34.1 Å². The van der Waals surface area contributed by atoms with E-state index >= 15 is 0 Å². The molecule has 0 radical (unpaired) electrons. The first-order valence-corrected chi connectivity index (χ1v) is 12.2. The van der Waals surface area contributed by atoms with Crippen LogP contribution >= 0.6 is 23.2 Å². The molecule has 0 aromatic heterocycles. The zero-order valence-electron chi connectivity index (χ0n) is 20.0. The van der Waals surface area contributed by atoms with E-state index in [2.05, 4.69) is 0 Å². The van der Waals surface area contributed by atoms with Crippen molar-refractivity contribution >= 4 is 29.1 Å². The Morgan fingerprint density at radius 1 is 0.971 bits per heavy atom. The summed E-state index contributed by atoms with van der Waals surface area (Å²) < 4.78 is 11.0. The third kappa shape index (κ3) is 5.13. The lowest BCUT2D eigenvalue weighted by atomic mass is 9.69. The van der Waals surface area contributed by atoms with Crippen LogP contribution in [0.4, 0.5) is 0 Å². The van der Waals surface area contributed by atoms with E-state index in [9.17, 15) is 9.90 Å². The molecule has 184 valence electrons. The van der Waals surface area contributed by atoms with Gasteiger partial charge in [0.15, 0.2) is 0 Å². The fourth-order valence-corrected chi connectivity index (χ4v) is 5.28. The number of ether oxygens (including phenoxy) is 2. The van der Waals surface area contributed by atoms with Crippen LogP contribution in [0.5, 0.6) is 11.5 Å². The van der Waals surface area contributed by atoms with Crippen molar-refractivity contribution in [1.82, 2.24) is 4.90 Å². The predicted octanol–water partition coefficient (Wildman–Crippen LogP) is 6.27. The number of nitrogens with zero attached hydrogens (tertiary/aromatic N) is 1. The standard InChI is InChI=1S/C28H29Cl2NO4/c1-28(17-32)15-24(19-5-4-6-22(30)13-19)26(18-7-10-21(29)11-8-18)31(27(28)33)16-20-9-12-23(34-2)14-25(20)35-3/h4-14,24,26,32H,15-17H2,1-3H3/t24-,26-,28?/m1/s1. The molecule has 1 amide bonds. The van der Waals surface area contributed by atoms with Gasteiger partial charge in [0.05, 0.1) is 32.3 Å². The first kappa shape index (κ1) is 25.4. The maximum Gasteiger partial charge on any atom is 0.231 e. The monoisotopic (exact) mass is 513 g/mol. The second-order valence-electron chi connectivity index (χ2n) is 9.19. The minimum Gasteiger partial charge on any atom is -0.497 e. The fourth-order valence-electron chi connectivity index (χ4n) is 4.95. The molecule has 3 aromatic rings. The molecule has 3 atom stereocenters. The molecule has 35 heavy (non-hydrogen) atoms. The van der Waals surface area contributed by atoms with Gasteiger partial charge in [0.2, 0.25) is 5.91 Å². The van der Waals surface area contributed by atoms with Crippen LogP contribution in [0, 0.1) is 5.41 Å². The van der Waals surface area contributed by atoms with Crippen molar-refractivity contribution in [2.75, 3.05) is 20.8 Å². The van der Waals surface area contributed by atoms with Crippen LogP contribution in [0.15, 0.2) is 66.7 Å². The van der Waals surface area contributed by atoms with Crippen molar-refractivity contribution in [3.63, 3.8) is 0 Å². The Morgan fingerprint density at radius 3 is 2.34 bits per heavy atom. The highest BCUT2D eigenvalue weighted by atomic mass is 35.5. The van der Waals surface area contributed by atoms with Gasteiger partial charge in [-0.2, -0.15) is 0 Å². The Hall–Kier alpha value is -2.73. The van der Waals surface area contributed by atoms with Crippen LogP contribution in [0.3, 0.4) is 0 Å². The van der Waals surface area contributed by atoms with Crippen molar-refractivity contribution in [3.05, 3.63) is 93.5 Å². The van der Waals surface area contributed by atoms with E-state index in [4.69, 9.17) is 32.7 Å². The molecule has 3 aromatic carbocycles. The molecular weight excluding hydrogens is 485 g/mol. The molecule has 0 saturated carbocycles. The van der Waals surface area contributed by atoms with Gasteiger partial charge in [-0.05, 0) is 60.9 Å². The summed E-state index contributed by atoms with van der Waals surface area (Å²) in [7, 11) is 3.20. The Kier molecular flexibility index (Phi) is 7.60. The summed E-state index contributed by atoms with van der Waals surface area (Å²) in [6, 6.07) is 20.6. The van der Waals surface area contributed by atoms with Gasteiger partial charge in [-0.15, -0.1) is 0 Å². The largest absolute Gasteiger partial charge is 0.497 e. The summed E-state index contributed by atoms with van der Waals surface area (Å²) in [5.41, 5.74) is 1.86. The summed E-state index contributed by atoms with van der Waals surface area (Å²) in [4.78, 5) is 15.8. The summed E-state index contributed by atoms with van der Waals surface area (Å²) in [5.74, 6) is 1.08. The number of amides is 1. The second kappa shape index (κ2) is 10.5. The van der Waals surface area contributed by atoms with Gasteiger partial charge in [-0.1, -0.05) is 47.5 Å². The first-order valence-electron chi connectivity index (χ1n) is 11.4. The predicted molar refractivity (Wildman–Crippen MR) is 138 cm³/mol. The van der Waals surface area contributed by atoms with Gasteiger partial charge in [-0.25, -0.2) is 0 Å². The highest BCUT2D eigenvalue weighted by Crippen LogP contribution is 2.50. The number of hydrogen-bond donors (Lipinski definition) is 1. The van der Waals surface area contributed by atoms with Crippen LogP contribution in [0.25, 0.3) is 0 Å². The number of aliphatic hydroxyl groups is 1. The van der Waals surface area contributed by atoms with E-state index in [0.29, 0.717) is 34.5 Å². The number of benzene rings is 3. The molecule has 0 spiro atoms. The zero-order chi connectivity index (χ0) is 25.2. The van der Waals surface area contributed by atoms with Crippen LogP contribution in [0.2, 0.25) is 10.0 Å². The zero-order valence-corrected chi connectivity index (χ0v) is 21.5. The average molecular weight is 514 g/mol. The topological polar surface area (TPSA) is 59.0 Å². The average Bonchev–Trinajstić information content (AvgIpc) is 2.87. The van der Waals surface area contributed by atoms with Crippen molar-refractivity contribution in [1.29, 1.82) is 0 Å². The van der Waals surface area contributed by atoms with Crippen LogP contribution in [-0.4, -0.2) is 36.7 Å². The molecule has 0 aliphatic carbocycles. The smallest absolute Gasteiger partial charge is 0.231 e. The quantitative estimate of drug-likeness (QED) is 0.404. The van der Waals surface area contributed by atoms with E-state index in [-0.39, 0.29) is 24.5 Å². The van der Waals surface area contributed by atoms with Gasteiger partial charge in [-0.3, -0.25) is 4.79 Å². The molecular formula is C28H29Cl2NO4. The number of halogens is 2.